The number of unbranched alkanes of at least 4 members (excludes halogenated alkanes) is 1. The Balaban J connectivity index is 2.64. The Morgan fingerprint density at radius 2 is 2.29 bits per heavy atom. The third kappa shape index (κ3) is 2.96. The van der Waals surface area contributed by atoms with E-state index < -0.39 is 6.10 Å². The Morgan fingerprint density at radius 3 is 2.93 bits per heavy atom. The Labute approximate surface area is 84.0 Å². The van der Waals surface area contributed by atoms with Crippen molar-refractivity contribution in [3.8, 4) is 5.88 Å². The molecule has 0 saturated heterocycles. The van der Waals surface area contributed by atoms with Crippen molar-refractivity contribution < 1.29 is 9.84 Å². The van der Waals surface area contributed by atoms with Gasteiger partial charge >= 0.3 is 0 Å². The molecule has 78 valence electrons. The standard InChI is InChI=1S/C10H16N2O2/c1-3-4-5-9(13)8-6-10(14-2)12-7-11-8/h6-7,9,13H,3-5H2,1-2H3. The van der Waals surface area contributed by atoms with Gasteiger partial charge in [0.2, 0.25) is 5.88 Å². The number of rotatable bonds is 5. The Kier molecular flexibility index (Phi) is 4.32. The van der Waals surface area contributed by atoms with Crippen molar-refractivity contribution in [2.45, 2.75) is 32.3 Å². The minimum atomic E-state index is -0.508. The molecule has 1 atom stereocenters. The molecule has 1 heterocycles. The molecule has 4 heteroatoms. The molecule has 0 saturated carbocycles. The molecule has 1 aromatic rings. The van der Waals surface area contributed by atoms with Gasteiger partial charge in [-0.2, -0.15) is 0 Å². The minimum absolute atomic E-state index is 0.491. The summed E-state index contributed by atoms with van der Waals surface area (Å²) >= 11 is 0. The smallest absolute Gasteiger partial charge is 0.216 e. The molecule has 0 radical (unpaired) electrons. The van der Waals surface area contributed by atoms with E-state index in [1.54, 1.807) is 13.2 Å². The summed E-state index contributed by atoms with van der Waals surface area (Å²) in [7, 11) is 1.55. The van der Waals surface area contributed by atoms with Gasteiger partial charge in [-0.1, -0.05) is 19.8 Å². The third-order valence-corrected chi connectivity index (χ3v) is 2.04. The quantitative estimate of drug-likeness (QED) is 0.778. The Hall–Kier alpha value is -1.16. The predicted octanol–water partition coefficient (Wildman–Crippen LogP) is 1.71. The van der Waals surface area contributed by atoms with Crippen molar-refractivity contribution in [2.24, 2.45) is 0 Å². The van der Waals surface area contributed by atoms with E-state index in [4.69, 9.17) is 4.74 Å². The van der Waals surface area contributed by atoms with Gasteiger partial charge in [0.25, 0.3) is 0 Å². The number of nitrogens with zero attached hydrogens (tertiary/aromatic N) is 2. The molecule has 0 aliphatic rings. The molecule has 14 heavy (non-hydrogen) atoms. The van der Waals surface area contributed by atoms with Crippen molar-refractivity contribution in [1.29, 1.82) is 0 Å². The van der Waals surface area contributed by atoms with Crippen LogP contribution in [-0.2, 0) is 0 Å². The maximum atomic E-state index is 9.73. The topological polar surface area (TPSA) is 55.2 Å². The summed E-state index contributed by atoms with van der Waals surface area (Å²) in [6.07, 6.45) is 3.69. The van der Waals surface area contributed by atoms with Gasteiger partial charge in [-0.25, -0.2) is 9.97 Å². The number of hydrogen-bond acceptors (Lipinski definition) is 4. The summed E-state index contributed by atoms with van der Waals surface area (Å²) in [6, 6.07) is 1.67. The highest BCUT2D eigenvalue weighted by atomic mass is 16.5. The monoisotopic (exact) mass is 196 g/mol. The van der Waals surface area contributed by atoms with E-state index in [9.17, 15) is 5.11 Å². The van der Waals surface area contributed by atoms with Gasteiger partial charge in [0.05, 0.1) is 18.9 Å². The van der Waals surface area contributed by atoms with E-state index in [1.165, 1.54) is 6.33 Å². The fourth-order valence-corrected chi connectivity index (χ4v) is 1.19. The highest BCUT2D eigenvalue weighted by Crippen LogP contribution is 2.18. The lowest BCUT2D eigenvalue weighted by atomic mass is 10.1. The first-order valence-corrected chi connectivity index (χ1v) is 4.82. The molecular weight excluding hydrogens is 180 g/mol. The fourth-order valence-electron chi connectivity index (χ4n) is 1.19. The molecule has 1 rings (SSSR count). The van der Waals surface area contributed by atoms with Crippen LogP contribution < -0.4 is 4.74 Å². The van der Waals surface area contributed by atoms with Crippen LogP contribution in [0.2, 0.25) is 0 Å². The molecule has 0 fully saturated rings. The van der Waals surface area contributed by atoms with Gasteiger partial charge in [-0.15, -0.1) is 0 Å². The van der Waals surface area contributed by atoms with E-state index in [0.717, 1.165) is 19.3 Å². The van der Waals surface area contributed by atoms with E-state index in [2.05, 4.69) is 16.9 Å². The van der Waals surface area contributed by atoms with Crippen LogP contribution in [0.25, 0.3) is 0 Å². The SMILES string of the molecule is CCCCC(O)c1cc(OC)ncn1. The summed E-state index contributed by atoms with van der Waals surface area (Å²) < 4.78 is 4.95. The van der Waals surface area contributed by atoms with Crippen LogP contribution in [0, 0.1) is 0 Å². The number of hydrogen-bond donors (Lipinski definition) is 1. The fraction of sp³-hybridized carbons (Fsp3) is 0.600. The second-order valence-electron chi connectivity index (χ2n) is 3.14. The summed E-state index contributed by atoms with van der Waals surface area (Å²) in [4.78, 5) is 7.88. The van der Waals surface area contributed by atoms with E-state index >= 15 is 0 Å². The van der Waals surface area contributed by atoms with Gasteiger partial charge in [0.15, 0.2) is 0 Å². The van der Waals surface area contributed by atoms with Crippen molar-refractivity contribution >= 4 is 0 Å². The van der Waals surface area contributed by atoms with Crippen molar-refractivity contribution in [1.82, 2.24) is 9.97 Å². The summed E-state index contributed by atoms with van der Waals surface area (Å²) in [6.45, 7) is 2.09. The first kappa shape index (κ1) is 10.9. The van der Waals surface area contributed by atoms with Gasteiger partial charge < -0.3 is 9.84 Å². The molecule has 1 N–H and O–H groups in total. The van der Waals surface area contributed by atoms with Crippen LogP contribution in [0.15, 0.2) is 12.4 Å². The molecule has 0 bridgehead atoms. The zero-order chi connectivity index (χ0) is 10.4. The first-order valence-electron chi connectivity index (χ1n) is 4.82. The van der Waals surface area contributed by atoms with Gasteiger partial charge in [0.1, 0.15) is 6.33 Å². The molecule has 0 aliphatic carbocycles. The second kappa shape index (κ2) is 5.54. The average molecular weight is 196 g/mol. The molecule has 1 aromatic heterocycles. The zero-order valence-electron chi connectivity index (χ0n) is 8.60. The maximum Gasteiger partial charge on any atom is 0.216 e. The van der Waals surface area contributed by atoms with Crippen LogP contribution in [-0.4, -0.2) is 22.2 Å². The number of ether oxygens (including phenoxy) is 1. The summed E-state index contributed by atoms with van der Waals surface area (Å²) in [5, 5.41) is 9.73. The maximum absolute atomic E-state index is 9.73. The van der Waals surface area contributed by atoms with E-state index in [1.807, 2.05) is 0 Å². The third-order valence-electron chi connectivity index (χ3n) is 2.04. The summed E-state index contributed by atoms with van der Waals surface area (Å²) in [5.74, 6) is 0.491. The lowest BCUT2D eigenvalue weighted by molar-refractivity contribution is 0.159. The van der Waals surface area contributed by atoms with Crippen LogP contribution in [0.1, 0.15) is 38.0 Å². The molecule has 0 aliphatic heterocycles. The van der Waals surface area contributed by atoms with Crippen LogP contribution >= 0.6 is 0 Å². The van der Waals surface area contributed by atoms with Gasteiger partial charge in [-0.05, 0) is 6.42 Å². The first-order chi connectivity index (χ1) is 6.77. The Bertz CT molecular complexity index is 279. The van der Waals surface area contributed by atoms with Crippen LogP contribution in [0.5, 0.6) is 5.88 Å². The lowest BCUT2D eigenvalue weighted by Gasteiger charge is -2.09. The molecule has 1 unspecified atom stereocenters. The molecule has 4 nitrogen and oxygen atoms in total. The second-order valence-corrected chi connectivity index (χ2v) is 3.14. The highest BCUT2D eigenvalue weighted by Gasteiger charge is 2.09. The largest absolute Gasteiger partial charge is 0.481 e. The molecular formula is C10H16N2O2. The average Bonchev–Trinajstić information content (AvgIpc) is 2.26. The molecule has 0 aromatic carbocycles. The van der Waals surface area contributed by atoms with Crippen molar-refractivity contribution in [3.05, 3.63) is 18.1 Å². The van der Waals surface area contributed by atoms with Gasteiger partial charge in [0, 0.05) is 6.07 Å². The number of aliphatic hydroxyl groups is 1. The predicted molar refractivity (Wildman–Crippen MR) is 53.1 cm³/mol. The van der Waals surface area contributed by atoms with Crippen molar-refractivity contribution in [3.63, 3.8) is 0 Å². The lowest BCUT2D eigenvalue weighted by Crippen LogP contribution is -2.01. The number of aromatic nitrogens is 2. The number of aliphatic hydroxyl groups excluding tert-OH is 1. The molecule has 0 spiro atoms. The van der Waals surface area contributed by atoms with Crippen molar-refractivity contribution in [2.75, 3.05) is 7.11 Å². The normalized spacial score (nSPS) is 12.5. The van der Waals surface area contributed by atoms with E-state index in [-0.39, 0.29) is 0 Å². The Morgan fingerprint density at radius 1 is 1.50 bits per heavy atom. The van der Waals surface area contributed by atoms with E-state index in [0.29, 0.717) is 11.6 Å². The zero-order valence-corrected chi connectivity index (χ0v) is 8.60. The van der Waals surface area contributed by atoms with Crippen LogP contribution in [0.4, 0.5) is 0 Å². The molecule has 0 amide bonds. The highest BCUT2D eigenvalue weighted by molar-refractivity contribution is 5.15. The minimum Gasteiger partial charge on any atom is -0.481 e. The summed E-state index contributed by atoms with van der Waals surface area (Å²) in [5.41, 5.74) is 0.630. The number of methoxy groups -OCH3 is 1. The van der Waals surface area contributed by atoms with Crippen LogP contribution in [0.3, 0.4) is 0 Å². The van der Waals surface area contributed by atoms with Gasteiger partial charge in [-0.3, -0.25) is 0 Å².